The number of benzene rings is 1. The summed E-state index contributed by atoms with van der Waals surface area (Å²) in [7, 11) is 1.29. The van der Waals surface area contributed by atoms with Gasteiger partial charge in [0, 0.05) is 24.2 Å². The van der Waals surface area contributed by atoms with E-state index in [4.69, 9.17) is 0 Å². The zero-order chi connectivity index (χ0) is 24.6. The lowest BCUT2D eigenvalue weighted by atomic mass is 10.1. The van der Waals surface area contributed by atoms with Crippen LogP contribution in [0.5, 0.6) is 5.75 Å². The molecule has 0 aliphatic heterocycles. The van der Waals surface area contributed by atoms with E-state index in [2.05, 4.69) is 25.0 Å². The Kier molecular flexibility index (Phi) is 5.91. The summed E-state index contributed by atoms with van der Waals surface area (Å²) >= 11 is 0.992. The van der Waals surface area contributed by atoms with Gasteiger partial charge in [0.1, 0.15) is 5.65 Å². The highest BCUT2D eigenvalue weighted by atomic mass is 32.1. The lowest BCUT2D eigenvalue weighted by Crippen LogP contribution is -2.33. The molecule has 0 saturated heterocycles. The van der Waals surface area contributed by atoms with Crippen molar-refractivity contribution in [3.05, 3.63) is 68.1 Å². The topological polar surface area (TPSA) is 119 Å². The molecule has 1 aromatic carbocycles. The minimum absolute atomic E-state index is 0.0446. The van der Waals surface area contributed by atoms with Gasteiger partial charge in [0.15, 0.2) is 16.7 Å². The zero-order valence-electron chi connectivity index (χ0n) is 17.1. The maximum atomic E-state index is 13.6. The van der Waals surface area contributed by atoms with Gasteiger partial charge >= 0.3 is 12.1 Å². The third-order valence-corrected chi connectivity index (χ3v) is 5.40. The number of hydrogen-bond acceptors (Lipinski definition) is 7. The van der Waals surface area contributed by atoms with Crippen LogP contribution in [0, 0.1) is 5.82 Å². The number of anilines is 1. The molecular formula is C20H13F4N5O4S. The monoisotopic (exact) mass is 495 g/mol. The molecule has 3 aromatic heterocycles. The molecule has 34 heavy (non-hydrogen) atoms. The summed E-state index contributed by atoms with van der Waals surface area (Å²) < 4.78 is 55.5. The van der Waals surface area contributed by atoms with Crippen LogP contribution in [0.2, 0.25) is 0 Å². The molecule has 9 nitrogen and oxygen atoms in total. The molecule has 0 atom stereocenters. The molecule has 0 saturated carbocycles. The van der Waals surface area contributed by atoms with E-state index >= 15 is 0 Å². The van der Waals surface area contributed by atoms with Gasteiger partial charge in [0.05, 0.1) is 17.5 Å². The van der Waals surface area contributed by atoms with E-state index in [0.717, 1.165) is 28.0 Å². The number of halogens is 4. The number of aromatic amines is 1. The Bertz CT molecular complexity index is 1530. The molecule has 2 N–H and O–H groups in total. The zero-order valence-corrected chi connectivity index (χ0v) is 17.9. The SMILES string of the molecule is Cn1c(=O)[nH]c2nccc(CC(=O)Nc3nc(-c4ccc(F)c(OC(F)(F)F)c4)cs3)c2c1=O. The molecule has 176 valence electrons. The van der Waals surface area contributed by atoms with Gasteiger partial charge in [-0.15, -0.1) is 24.5 Å². The van der Waals surface area contributed by atoms with Crippen LogP contribution in [0.25, 0.3) is 22.3 Å². The molecule has 3 heterocycles. The number of ether oxygens (including phenoxy) is 1. The van der Waals surface area contributed by atoms with Crippen LogP contribution < -0.4 is 21.3 Å². The van der Waals surface area contributed by atoms with Crippen LogP contribution in [0.15, 0.2) is 45.4 Å². The highest BCUT2D eigenvalue weighted by Crippen LogP contribution is 2.32. The summed E-state index contributed by atoms with van der Waals surface area (Å²) in [5, 5.41) is 4.21. The molecule has 0 unspecified atom stereocenters. The molecule has 4 aromatic rings. The predicted octanol–water partition coefficient (Wildman–Crippen LogP) is 2.96. The van der Waals surface area contributed by atoms with Gasteiger partial charge in [-0.25, -0.2) is 19.2 Å². The second-order valence-corrected chi connectivity index (χ2v) is 7.80. The fourth-order valence-corrected chi connectivity index (χ4v) is 3.83. The number of fused-ring (bicyclic) bond motifs is 1. The van der Waals surface area contributed by atoms with Crippen LogP contribution >= 0.6 is 11.3 Å². The highest BCUT2D eigenvalue weighted by Gasteiger charge is 2.32. The van der Waals surface area contributed by atoms with Gasteiger partial charge in [0.2, 0.25) is 5.91 Å². The van der Waals surface area contributed by atoms with Gasteiger partial charge in [-0.2, -0.15) is 0 Å². The lowest BCUT2D eigenvalue weighted by molar-refractivity contribution is -0.275. The Labute approximate surface area is 190 Å². The Hall–Kier alpha value is -4.07. The van der Waals surface area contributed by atoms with E-state index < -0.39 is 35.1 Å². The lowest BCUT2D eigenvalue weighted by Gasteiger charge is -2.10. The normalized spacial score (nSPS) is 11.6. The van der Waals surface area contributed by atoms with E-state index in [1.807, 2.05) is 0 Å². The largest absolute Gasteiger partial charge is 0.573 e. The van der Waals surface area contributed by atoms with Crippen molar-refractivity contribution < 1.29 is 27.1 Å². The summed E-state index contributed by atoms with van der Waals surface area (Å²) in [6, 6.07) is 4.35. The molecule has 14 heteroatoms. The molecule has 0 aliphatic carbocycles. The Morgan fingerprint density at radius 3 is 2.76 bits per heavy atom. The van der Waals surface area contributed by atoms with Crippen molar-refractivity contribution in [2.45, 2.75) is 12.8 Å². The van der Waals surface area contributed by atoms with Gasteiger partial charge < -0.3 is 10.1 Å². The Morgan fingerprint density at radius 2 is 2.03 bits per heavy atom. The average molecular weight is 495 g/mol. The number of thiazole rings is 1. The van der Waals surface area contributed by atoms with Gasteiger partial charge in [-0.05, 0) is 29.8 Å². The van der Waals surface area contributed by atoms with Gasteiger partial charge in [-0.1, -0.05) is 0 Å². The highest BCUT2D eigenvalue weighted by molar-refractivity contribution is 7.14. The fraction of sp³-hybridized carbons (Fsp3) is 0.150. The summed E-state index contributed by atoms with van der Waals surface area (Å²) in [5.41, 5.74) is -0.560. The van der Waals surface area contributed by atoms with Crippen molar-refractivity contribution >= 4 is 33.4 Å². The van der Waals surface area contributed by atoms with Crippen LogP contribution in [0.4, 0.5) is 22.7 Å². The maximum Gasteiger partial charge on any atom is 0.573 e. The molecule has 1 amide bonds. The summed E-state index contributed by atoms with van der Waals surface area (Å²) in [6.45, 7) is 0. The van der Waals surface area contributed by atoms with Gasteiger partial charge in [-0.3, -0.25) is 19.1 Å². The summed E-state index contributed by atoms with van der Waals surface area (Å²) in [4.78, 5) is 47.3. The van der Waals surface area contributed by atoms with Crippen molar-refractivity contribution in [1.29, 1.82) is 0 Å². The van der Waals surface area contributed by atoms with E-state index in [9.17, 15) is 31.9 Å². The first-order chi connectivity index (χ1) is 16.0. The summed E-state index contributed by atoms with van der Waals surface area (Å²) in [5.74, 6) is -2.74. The van der Waals surface area contributed by atoms with Crippen LogP contribution in [0.3, 0.4) is 0 Å². The maximum absolute atomic E-state index is 13.6. The quantitative estimate of drug-likeness (QED) is 0.411. The minimum atomic E-state index is -5.06. The Balaban J connectivity index is 1.54. The number of pyridine rings is 1. The first kappa shape index (κ1) is 23.1. The number of hydrogen-bond donors (Lipinski definition) is 2. The van der Waals surface area contributed by atoms with Crippen molar-refractivity contribution in [2.24, 2.45) is 7.05 Å². The van der Waals surface area contributed by atoms with Gasteiger partial charge in [0.25, 0.3) is 5.56 Å². The van der Waals surface area contributed by atoms with E-state index in [1.54, 1.807) is 0 Å². The number of rotatable bonds is 5. The number of nitrogens with one attached hydrogen (secondary N) is 2. The number of carbonyl (C=O) groups excluding carboxylic acids is 1. The molecule has 4 rings (SSSR count). The molecular weight excluding hydrogens is 482 g/mol. The Morgan fingerprint density at radius 1 is 1.26 bits per heavy atom. The first-order valence-electron chi connectivity index (χ1n) is 9.40. The van der Waals surface area contributed by atoms with Crippen molar-refractivity contribution in [1.82, 2.24) is 19.5 Å². The fourth-order valence-electron chi connectivity index (χ4n) is 3.09. The molecule has 0 spiro atoms. The number of carbonyl (C=O) groups is 1. The number of nitrogens with zero attached hydrogens (tertiary/aromatic N) is 3. The number of aromatic nitrogens is 4. The number of amides is 1. The van der Waals surface area contributed by atoms with Crippen molar-refractivity contribution in [3.8, 4) is 17.0 Å². The van der Waals surface area contributed by atoms with E-state index in [0.29, 0.717) is 5.56 Å². The second kappa shape index (κ2) is 8.70. The predicted molar refractivity (Wildman–Crippen MR) is 114 cm³/mol. The minimum Gasteiger partial charge on any atom is -0.403 e. The van der Waals surface area contributed by atoms with Crippen LogP contribution in [0.1, 0.15) is 5.56 Å². The van der Waals surface area contributed by atoms with E-state index in [-0.39, 0.29) is 33.8 Å². The van der Waals surface area contributed by atoms with Crippen molar-refractivity contribution in [2.75, 3.05) is 5.32 Å². The van der Waals surface area contributed by atoms with Crippen molar-refractivity contribution in [3.63, 3.8) is 0 Å². The third-order valence-electron chi connectivity index (χ3n) is 4.64. The standard InChI is InChI=1S/C20H13F4N5O4S/c1-29-17(31)15-10(4-5-25-16(15)28-19(29)32)7-14(30)27-18-26-12(8-34-18)9-2-3-11(21)13(6-9)33-20(22,23)24/h2-6,8H,7H2,1H3,(H,25,28,32)(H,26,27,30). The second-order valence-electron chi connectivity index (χ2n) is 6.94. The molecule has 0 radical (unpaired) electrons. The smallest absolute Gasteiger partial charge is 0.403 e. The van der Waals surface area contributed by atoms with Crippen LogP contribution in [-0.4, -0.2) is 31.8 Å². The first-order valence-corrected chi connectivity index (χ1v) is 10.3. The third kappa shape index (κ3) is 4.80. The molecule has 0 bridgehead atoms. The summed E-state index contributed by atoms with van der Waals surface area (Å²) in [6.07, 6.45) is -3.96. The molecule has 0 aliphatic rings. The average Bonchev–Trinajstić information content (AvgIpc) is 3.21. The molecule has 0 fully saturated rings. The van der Waals surface area contributed by atoms with E-state index in [1.165, 1.54) is 30.8 Å². The number of H-pyrrole nitrogens is 1. The van der Waals surface area contributed by atoms with Crippen LogP contribution in [-0.2, 0) is 18.3 Å². The number of alkyl halides is 3.